The van der Waals surface area contributed by atoms with Gasteiger partial charge in [-0.05, 0) is 13.0 Å². The molecule has 0 aromatic rings. The fourth-order valence-corrected chi connectivity index (χ4v) is 2.19. The highest BCUT2D eigenvalue weighted by Gasteiger charge is 2.04. The average molecular weight is 337 g/mol. The van der Waals surface area contributed by atoms with E-state index in [2.05, 4.69) is 33.4 Å². The molecule has 0 saturated carbocycles. The van der Waals surface area contributed by atoms with E-state index in [1.807, 2.05) is 0 Å². The number of nitrogens with one attached hydrogen (secondary N) is 1. The van der Waals surface area contributed by atoms with E-state index in [0.717, 1.165) is 4.48 Å². The third kappa shape index (κ3) is 20.9. The molecular formula is C16H37BrN2. The standard InChI is InChI=1S/C16H37N2.BrH/c1-5-6-7-8-9-10-11-12-14-17-15-13-16-18(2,3)4;/h17H,5-16H2,1-4H3;1H/q+1;/p-1. The van der Waals surface area contributed by atoms with Crippen LogP contribution >= 0.6 is 0 Å². The molecule has 3 heteroatoms. The predicted octanol–water partition coefficient (Wildman–Crippen LogP) is 0.817. The highest BCUT2D eigenvalue weighted by Crippen LogP contribution is 2.07. The van der Waals surface area contributed by atoms with E-state index in [-0.39, 0.29) is 17.0 Å². The van der Waals surface area contributed by atoms with E-state index < -0.39 is 0 Å². The van der Waals surface area contributed by atoms with Crippen molar-refractivity contribution in [3.63, 3.8) is 0 Å². The van der Waals surface area contributed by atoms with Gasteiger partial charge in [-0.25, -0.2) is 0 Å². The van der Waals surface area contributed by atoms with Gasteiger partial charge in [-0.1, -0.05) is 51.9 Å². The van der Waals surface area contributed by atoms with Crippen molar-refractivity contribution >= 4 is 0 Å². The largest absolute Gasteiger partial charge is 1.00 e. The van der Waals surface area contributed by atoms with Crippen molar-refractivity contribution in [3.8, 4) is 0 Å². The zero-order valence-electron chi connectivity index (χ0n) is 13.8. The number of nitrogens with zero attached hydrogens (tertiary/aromatic N) is 1. The molecule has 0 unspecified atom stereocenters. The van der Waals surface area contributed by atoms with Gasteiger partial charge in [-0.2, -0.15) is 0 Å². The summed E-state index contributed by atoms with van der Waals surface area (Å²) < 4.78 is 1.08. The highest BCUT2D eigenvalue weighted by atomic mass is 79.9. The van der Waals surface area contributed by atoms with Crippen molar-refractivity contribution < 1.29 is 21.5 Å². The number of quaternary nitrogens is 1. The van der Waals surface area contributed by atoms with Crippen LogP contribution in [0, 0.1) is 0 Å². The molecule has 0 aromatic heterocycles. The van der Waals surface area contributed by atoms with E-state index in [1.54, 1.807) is 0 Å². The van der Waals surface area contributed by atoms with Gasteiger partial charge in [0.15, 0.2) is 0 Å². The zero-order chi connectivity index (χ0) is 13.7. The van der Waals surface area contributed by atoms with Gasteiger partial charge < -0.3 is 26.8 Å². The van der Waals surface area contributed by atoms with Gasteiger partial charge in [0, 0.05) is 13.0 Å². The van der Waals surface area contributed by atoms with Crippen LogP contribution in [0.1, 0.15) is 64.7 Å². The van der Waals surface area contributed by atoms with Gasteiger partial charge in [-0.15, -0.1) is 0 Å². The number of unbranched alkanes of at least 4 members (excludes halogenated alkanes) is 7. The molecule has 0 bridgehead atoms. The van der Waals surface area contributed by atoms with Crippen LogP contribution < -0.4 is 22.3 Å². The lowest BCUT2D eigenvalue weighted by molar-refractivity contribution is -0.870. The first-order valence-corrected chi connectivity index (χ1v) is 8.07. The van der Waals surface area contributed by atoms with E-state index in [9.17, 15) is 0 Å². The Labute approximate surface area is 132 Å². The molecule has 0 radical (unpaired) electrons. The monoisotopic (exact) mass is 336 g/mol. The summed E-state index contributed by atoms with van der Waals surface area (Å²) in [5.41, 5.74) is 0. The fourth-order valence-electron chi connectivity index (χ4n) is 2.19. The van der Waals surface area contributed by atoms with Gasteiger partial charge in [-0.3, -0.25) is 0 Å². The van der Waals surface area contributed by atoms with Crippen LogP contribution in [0.5, 0.6) is 0 Å². The van der Waals surface area contributed by atoms with Crippen LogP contribution in [0.3, 0.4) is 0 Å². The number of hydrogen-bond acceptors (Lipinski definition) is 1. The maximum Gasteiger partial charge on any atom is 0.0792 e. The summed E-state index contributed by atoms with van der Waals surface area (Å²) in [6.07, 6.45) is 12.6. The van der Waals surface area contributed by atoms with E-state index >= 15 is 0 Å². The molecule has 118 valence electrons. The molecule has 0 heterocycles. The minimum atomic E-state index is 0. The number of rotatable bonds is 13. The second kappa shape index (κ2) is 14.8. The molecule has 0 rings (SSSR count). The second-order valence-corrected chi connectivity index (χ2v) is 6.59. The van der Waals surface area contributed by atoms with Crippen LogP contribution in [0.4, 0.5) is 0 Å². The molecule has 0 aliphatic heterocycles. The molecule has 0 amide bonds. The van der Waals surface area contributed by atoms with Crippen molar-refractivity contribution in [1.29, 1.82) is 0 Å². The molecule has 0 saturated heterocycles. The minimum absolute atomic E-state index is 0. The predicted molar refractivity (Wildman–Crippen MR) is 83.0 cm³/mol. The summed E-state index contributed by atoms with van der Waals surface area (Å²) in [4.78, 5) is 0. The van der Waals surface area contributed by atoms with Crippen LogP contribution in [-0.4, -0.2) is 45.3 Å². The molecular weight excluding hydrogens is 300 g/mol. The smallest absolute Gasteiger partial charge is 0.0792 e. The number of halogens is 1. The average Bonchev–Trinajstić information content (AvgIpc) is 2.29. The molecule has 0 fully saturated rings. The molecule has 0 atom stereocenters. The van der Waals surface area contributed by atoms with Gasteiger partial charge in [0.1, 0.15) is 0 Å². The van der Waals surface area contributed by atoms with Gasteiger partial charge in [0.2, 0.25) is 0 Å². The fraction of sp³-hybridized carbons (Fsp3) is 1.00. The Morgan fingerprint density at radius 2 is 1.16 bits per heavy atom. The summed E-state index contributed by atoms with van der Waals surface area (Å²) in [5.74, 6) is 0. The van der Waals surface area contributed by atoms with Crippen molar-refractivity contribution in [2.24, 2.45) is 0 Å². The van der Waals surface area contributed by atoms with Gasteiger partial charge in [0.05, 0.1) is 27.7 Å². The molecule has 2 nitrogen and oxygen atoms in total. The van der Waals surface area contributed by atoms with Crippen molar-refractivity contribution in [1.82, 2.24) is 5.32 Å². The molecule has 0 aromatic carbocycles. The normalized spacial score (nSPS) is 11.4. The molecule has 0 spiro atoms. The molecule has 19 heavy (non-hydrogen) atoms. The Balaban J connectivity index is 0. The lowest BCUT2D eigenvalue weighted by atomic mass is 10.1. The second-order valence-electron chi connectivity index (χ2n) is 6.59. The molecule has 0 aliphatic rings. The zero-order valence-corrected chi connectivity index (χ0v) is 15.4. The van der Waals surface area contributed by atoms with Crippen molar-refractivity contribution in [3.05, 3.63) is 0 Å². The summed E-state index contributed by atoms with van der Waals surface area (Å²) in [6, 6.07) is 0. The Morgan fingerprint density at radius 3 is 1.68 bits per heavy atom. The summed E-state index contributed by atoms with van der Waals surface area (Å²) in [5, 5.41) is 3.56. The first kappa shape index (κ1) is 21.7. The molecule has 0 aliphatic carbocycles. The lowest BCUT2D eigenvalue weighted by Crippen LogP contribution is -3.00. The Kier molecular flexibility index (Phi) is 16.9. The topological polar surface area (TPSA) is 12.0 Å². The minimum Gasteiger partial charge on any atom is -1.00 e. The third-order valence-corrected chi connectivity index (χ3v) is 3.39. The summed E-state index contributed by atoms with van der Waals surface area (Å²) >= 11 is 0. The maximum absolute atomic E-state index is 3.56. The van der Waals surface area contributed by atoms with Gasteiger partial charge in [0.25, 0.3) is 0 Å². The van der Waals surface area contributed by atoms with E-state index in [1.165, 1.54) is 77.4 Å². The van der Waals surface area contributed by atoms with Crippen molar-refractivity contribution in [2.75, 3.05) is 40.8 Å². The van der Waals surface area contributed by atoms with Crippen LogP contribution in [-0.2, 0) is 0 Å². The maximum atomic E-state index is 3.56. The number of hydrogen-bond donors (Lipinski definition) is 1. The first-order chi connectivity index (χ1) is 8.56. The molecule has 1 N–H and O–H groups in total. The third-order valence-electron chi connectivity index (χ3n) is 3.39. The SMILES string of the molecule is CCCCCCCCCCNCCC[N+](C)(C)C.[Br-]. The van der Waals surface area contributed by atoms with E-state index in [0.29, 0.717) is 0 Å². The summed E-state index contributed by atoms with van der Waals surface area (Å²) in [7, 11) is 6.79. The Hall–Kier alpha value is 0.400. The van der Waals surface area contributed by atoms with Crippen LogP contribution in [0.15, 0.2) is 0 Å². The lowest BCUT2D eigenvalue weighted by Gasteiger charge is -2.23. The quantitative estimate of drug-likeness (QED) is 0.388. The Bertz CT molecular complexity index is 167. The van der Waals surface area contributed by atoms with Crippen molar-refractivity contribution in [2.45, 2.75) is 64.7 Å². The van der Waals surface area contributed by atoms with E-state index in [4.69, 9.17) is 0 Å². The van der Waals surface area contributed by atoms with Crippen LogP contribution in [0.2, 0.25) is 0 Å². The highest BCUT2D eigenvalue weighted by molar-refractivity contribution is 4.50. The van der Waals surface area contributed by atoms with Crippen LogP contribution in [0.25, 0.3) is 0 Å². The first-order valence-electron chi connectivity index (χ1n) is 8.07. The summed E-state index contributed by atoms with van der Waals surface area (Å²) in [6.45, 7) is 5.95. The van der Waals surface area contributed by atoms with Gasteiger partial charge >= 0.3 is 0 Å². The Morgan fingerprint density at radius 1 is 0.684 bits per heavy atom.